The van der Waals surface area contributed by atoms with Crippen LogP contribution in [-0.2, 0) is 30.2 Å². The Hall–Kier alpha value is -3.25. The summed E-state index contributed by atoms with van der Waals surface area (Å²) in [6, 6.07) is 2.43. The van der Waals surface area contributed by atoms with Gasteiger partial charge < -0.3 is 36.4 Å². The Morgan fingerprint density at radius 1 is 1.03 bits per heavy atom. The van der Waals surface area contributed by atoms with Gasteiger partial charge in [0.15, 0.2) is 0 Å². The van der Waals surface area contributed by atoms with Crippen LogP contribution in [0.3, 0.4) is 0 Å². The van der Waals surface area contributed by atoms with Crippen LogP contribution in [0.1, 0.15) is 38.7 Å². The summed E-state index contributed by atoms with van der Waals surface area (Å²) in [6.07, 6.45) is 0.474. The van der Waals surface area contributed by atoms with Crippen molar-refractivity contribution in [3.63, 3.8) is 0 Å². The van der Waals surface area contributed by atoms with Gasteiger partial charge in [0.05, 0.1) is 11.6 Å². The third-order valence-corrected chi connectivity index (χ3v) is 6.33. The number of carbonyl (C=O) groups excluding carboxylic acids is 2. The standard InChI is InChI=1S/C22H31N4O9P/c1-12(2)9-17(22(31)32)25-21(30)16(24-20(29)15(23)7-8-19(27)28)10-13-11-26(36(33,34)35)18-6-4-3-5-14(13)18/h3-6,11-12,15-17H,7-10,23H2,1-2H3,(H,24,29)(H,25,30)(H,27,28)(H,31,32)(H2,33,34,35)/t15-,16-,17-/m0/s1. The number of fused-ring (bicyclic) bond motifs is 1. The minimum atomic E-state index is -4.75. The third-order valence-electron chi connectivity index (χ3n) is 5.44. The Morgan fingerprint density at radius 3 is 2.19 bits per heavy atom. The van der Waals surface area contributed by atoms with Crippen LogP contribution in [0.2, 0.25) is 0 Å². The predicted molar refractivity (Wildman–Crippen MR) is 129 cm³/mol. The molecular formula is C22H31N4O9P. The van der Waals surface area contributed by atoms with E-state index in [4.69, 9.17) is 10.8 Å². The van der Waals surface area contributed by atoms with E-state index in [1.54, 1.807) is 32.0 Å². The van der Waals surface area contributed by atoms with Crippen molar-refractivity contribution in [2.75, 3.05) is 0 Å². The number of benzene rings is 1. The third kappa shape index (κ3) is 7.89. The van der Waals surface area contributed by atoms with Crippen molar-refractivity contribution in [1.82, 2.24) is 15.0 Å². The van der Waals surface area contributed by atoms with Crippen LogP contribution in [0, 0.1) is 5.92 Å². The molecule has 2 rings (SSSR count). The molecule has 0 unspecified atom stereocenters. The number of carboxylic acids is 2. The molecule has 8 N–H and O–H groups in total. The summed E-state index contributed by atoms with van der Waals surface area (Å²) < 4.78 is 12.7. The highest BCUT2D eigenvalue weighted by atomic mass is 31.2. The SMILES string of the molecule is CC(C)C[C@H](NC(=O)[C@H](Cc1cn(P(=O)(O)O)c2ccccc12)NC(=O)[C@@H](N)CCC(=O)O)C(=O)O. The maximum absolute atomic E-state index is 13.1. The van der Waals surface area contributed by atoms with Gasteiger partial charge in [-0.3, -0.25) is 18.7 Å². The highest BCUT2D eigenvalue weighted by Crippen LogP contribution is 2.42. The van der Waals surface area contributed by atoms with E-state index in [-0.39, 0.29) is 37.1 Å². The van der Waals surface area contributed by atoms with Crippen molar-refractivity contribution in [2.24, 2.45) is 11.7 Å². The summed E-state index contributed by atoms with van der Waals surface area (Å²) in [4.78, 5) is 67.7. The van der Waals surface area contributed by atoms with Crippen molar-refractivity contribution in [3.05, 3.63) is 36.0 Å². The lowest BCUT2D eigenvalue weighted by Gasteiger charge is -2.23. The second kappa shape index (κ2) is 12.1. The Bertz CT molecular complexity index is 1170. The first kappa shape index (κ1) is 29.0. The van der Waals surface area contributed by atoms with Gasteiger partial charge in [0.2, 0.25) is 11.8 Å². The van der Waals surface area contributed by atoms with Gasteiger partial charge in [0, 0.05) is 24.4 Å². The minimum Gasteiger partial charge on any atom is -0.481 e. The smallest absolute Gasteiger partial charge is 0.434 e. The lowest BCUT2D eigenvalue weighted by molar-refractivity contribution is -0.142. The minimum absolute atomic E-state index is 0.0647. The number of hydrogen-bond acceptors (Lipinski definition) is 6. The Balaban J connectivity index is 2.40. The molecule has 3 atom stereocenters. The summed E-state index contributed by atoms with van der Waals surface area (Å²) in [7, 11) is -4.75. The number of amides is 2. The van der Waals surface area contributed by atoms with Gasteiger partial charge in [0.1, 0.15) is 12.1 Å². The van der Waals surface area contributed by atoms with Gasteiger partial charge in [-0.15, -0.1) is 0 Å². The number of aromatic nitrogens is 1. The number of rotatable bonds is 13. The first-order valence-corrected chi connectivity index (χ1v) is 12.7. The summed E-state index contributed by atoms with van der Waals surface area (Å²) in [5.74, 6) is -4.15. The Morgan fingerprint density at radius 2 is 1.64 bits per heavy atom. The molecule has 0 aliphatic heterocycles. The van der Waals surface area contributed by atoms with Crippen LogP contribution in [0.25, 0.3) is 10.9 Å². The number of nitrogens with two attached hydrogens (primary N) is 1. The number of carbonyl (C=O) groups is 4. The first-order chi connectivity index (χ1) is 16.7. The van der Waals surface area contributed by atoms with Crippen LogP contribution >= 0.6 is 7.75 Å². The molecule has 0 radical (unpaired) electrons. The average molecular weight is 526 g/mol. The van der Waals surface area contributed by atoms with E-state index in [9.17, 15) is 38.6 Å². The van der Waals surface area contributed by atoms with E-state index in [1.807, 2.05) is 0 Å². The van der Waals surface area contributed by atoms with Crippen LogP contribution in [0.4, 0.5) is 0 Å². The van der Waals surface area contributed by atoms with Crippen molar-refractivity contribution in [1.29, 1.82) is 0 Å². The molecule has 14 heteroatoms. The normalized spacial score (nSPS) is 14.3. The summed E-state index contributed by atoms with van der Waals surface area (Å²) >= 11 is 0. The molecule has 13 nitrogen and oxygen atoms in total. The van der Waals surface area contributed by atoms with Crippen LogP contribution in [0.15, 0.2) is 30.5 Å². The molecule has 0 aliphatic rings. The number of para-hydroxylation sites is 1. The van der Waals surface area contributed by atoms with Gasteiger partial charge in [0.25, 0.3) is 0 Å². The maximum Gasteiger partial charge on any atom is 0.434 e. The first-order valence-electron chi connectivity index (χ1n) is 11.2. The molecule has 0 saturated heterocycles. The van der Waals surface area contributed by atoms with Gasteiger partial charge >= 0.3 is 19.7 Å². The fraction of sp³-hybridized carbons (Fsp3) is 0.455. The van der Waals surface area contributed by atoms with E-state index in [2.05, 4.69) is 10.6 Å². The Labute approximate surface area is 206 Å². The summed E-state index contributed by atoms with van der Waals surface area (Å²) in [6.45, 7) is 3.56. The maximum atomic E-state index is 13.1. The topological polar surface area (TPSA) is 221 Å². The van der Waals surface area contributed by atoms with Crippen molar-refractivity contribution < 1.29 is 43.7 Å². The molecule has 198 valence electrons. The zero-order valence-electron chi connectivity index (χ0n) is 19.8. The molecule has 0 aliphatic carbocycles. The molecule has 1 aromatic heterocycles. The predicted octanol–water partition coefficient (Wildman–Crippen LogP) is 0.417. The monoisotopic (exact) mass is 526 g/mol. The van der Waals surface area contributed by atoms with Crippen LogP contribution in [-0.4, -0.2) is 66.2 Å². The van der Waals surface area contributed by atoms with Gasteiger partial charge in [-0.1, -0.05) is 32.0 Å². The number of hydrogen-bond donors (Lipinski definition) is 7. The van der Waals surface area contributed by atoms with E-state index >= 15 is 0 Å². The van der Waals surface area contributed by atoms with Gasteiger partial charge in [-0.05, 0) is 30.4 Å². The quantitative estimate of drug-likeness (QED) is 0.178. The summed E-state index contributed by atoms with van der Waals surface area (Å²) in [5.41, 5.74) is 6.28. The largest absolute Gasteiger partial charge is 0.481 e. The van der Waals surface area contributed by atoms with Gasteiger partial charge in [-0.2, -0.15) is 0 Å². The molecule has 2 amide bonds. The van der Waals surface area contributed by atoms with E-state index < -0.39 is 49.6 Å². The number of carboxylic acid groups (broad SMARTS) is 2. The van der Waals surface area contributed by atoms with Crippen molar-refractivity contribution in [3.8, 4) is 0 Å². The van der Waals surface area contributed by atoms with Crippen molar-refractivity contribution >= 4 is 42.4 Å². The second-order valence-corrected chi connectivity index (χ2v) is 10.3. The van der Waals surface area contributed by atoms with E-state index in [0.717, 1.165) is 4.34 Å². The van der Waals surface area contributed by atoms with E-state index in [0.29, 0.717) is 10.9 Å². The molecule has 0 fully saturated rings. The lowest BCUT2D eigenvalue weighted by atomic mass is 10.0. The second-order valence-electron chi connectivity index (χ2n) is 8.86. The zero-order chi connectivity index (χ0) is 27.2. The lowest BCUT2D eigenvalue weighted by Crippen LogP contribution is -2.55. The average Bonchev–Trinajstić information content (AvgIpc) is 3.15. The van der Waals surface area contributed by atoms with Crippen molar-refractivity contribution in [2.45, 2.75) is 57.7 Å². The highest BCUT2D eigenvalue weighted by Gasteiger charge is 2.30. The van der Waals surface area contributed by atoms with E-state index in [1.165, 1.54) is 12.3 Å². The van der Waals surface area contributed by atoms with Crippen LogP contribution in [0.5, 0.6) is 0 Å². The number of aliphatic carboxylic acids is 2. The zero-order valence-corrected chi connectivity index (χ0v) is 20.7. The number of nitrogens with zero attached hydrogens (tertiary/aromatic N) is 1. The molecule has 0 bridgehead atoms. The fourth-order valence-corrected chi connectivity index (χ4v) is 4.44. The molecule has 2 aromatic rings. The molecule has 0 saturated carbocycles. The Kier molecular flexibility index (Phi) is 9.77. The fourth-order valence-electron chi connectivity index (χ4n) is 3.69. The summed E-state index contributed by atoms with van der Waals surface area (Å²) in [5, 5.41) is 23.6. The highest BCUT2D eigenvalue weighted by molar-refractivity contribution is 7.50. The van der Waals surface area contributed by atoms with Gasteiger partial charge in [-0.25, -0.2) is 9.36 Å². The molecule has 36 heavy (non-hydrogen) atoms. The molecule has 0 spiro atoms. The molecular weight excluding hydrogens is 495 g/mol. The number of nitrogens with one attached hydrogen (secondary N) is 2. The van der Waals surface area contributed by atoms with Crippen LogP contribution < -0.4 is 16.4 Å². The molecule has 1 aromatic carbocycles. The molecule has 1 heterocycles.